The van der Waals surface area contributed by atoms with E-state index < -0.39 is 29.7 Å². The number of aliphatic carboxylic acids is 1. The number of amides is 1. The van der Waals surface area contributed by atoms with Gasteiger partial charge in [0.1, 0.15) is 11.9 Å². The van der Waals surface area contributed by atoms with Gasteiger partial charge in [-0.3, -0.25) is 4.79 Å². The summed E-state index contributed by atoms with van der Waals surface area (Å²) in [6.45, 7) is 1.73. The summed E-state index contributed by atoms with van der Waals surface area (Å²) in [5.41, 5.74) is 0.258. The van der Waals surface area contributed by atoms with Crippen molar-refractivity contribution >= 4 is 11.9 Å². The van der Waals surface area contributed by atoms with E-state index in [9.17, 15) is 19.1 Å². The van der Waals surface area contributed by atoms with E-state index in [0.717, 1.165) is 6.42 Å². The maximum Gasteiger partial charge on any atom is 0.326 e. The van der Waals surface area contributed by atoms with E-state index in [1.165, 1.54) is 24.6 Å². The zero-order valence-electron chi connectivity index (χ0n) is 14.9. The van der Waals surface area contributed by atoms with Gasteiger partial charge in [-0.15, -0.1) is 0 Å². The van der Waals surface area contributed by atoms with Crippen molar-refractivity contribution in [2.75, 3.05) is 7.11 Å². The van der Waals surface area contributed by atoms with E-state index in [1.54, 1.807) is 20.1 Å². The summed E-state index contributed by atoms with van der Waals surface area (Å²) in [5.74, 6) is -1.92. The van der Waals surface area contributed by atoms with Gasteiger partial charge in [-0.25, -0.2) is 9.18 Å². The fourth-order valence-electron chi connectivity index (χ4n) is 3.86. The molecular weight excluding hydrogens is 339 g/mol. The third-order valence-electron chi connectivity index (χ3n) is 5.48. The SMILES string of the molecule is CO[C@@H]([C@@H]1C[C@@H]2C[C@@H]2N1)[C@@H](C)C(=O)NC(Cc1ccccc1F)C(=O)O. The number of halogens is 1. The number of nitrogens with one attached hydrogen (secondary N) is 2. The molecule has 26 heavy (non-hydrogen) atoms. The topological polar surface area (TPSA) is 87.7 Å². The second-order valence-corrected chi connectivity index (χ2v) is 7.30. The summed E-state index contributed by atoms with van der Waals surface area (Å²) in [6.07, 6.45) is 1.71. The predicted molar refractivity (Wildman–Crippen MR) is 93.1 cm³/mol. The largest absolute Gasteiger partial charge is 0.480 e. The van der Waals surface area contributed by atoms with E-state index in [2.05, 4.69) is 10.6 Å². The van der Waals surface area contributed by atoms with E-state index in [4.69, 9.17) is 4.74 Å². The van der Waals surface area contributed by atoms with Crippen molar-refractivity contribution < 1.29 is 23.8 Å². The van der Waals surface area contributed by atoms with E-state index >= 15 is 0 Å². The minimum absolute atomic E-state index is 0.0966. The van der Waals surface area contributed by atoms with Crippen LogP contribution in [0.25, 0.3) is 0 Å². The van der Waals surface area contributed by atoms with Gasteiger partial charge < -0.3 is 20.5 Å². The van der Waals surface area contributed by atoms with Crippen LogP contribution in [0.15, 0.2) is 24.3 Å². The Morgan fingerprint density at radius 1 is 1.38 bits per heavy atom. The predicted octanol–water partition coefficient (Wildman–Crippen LogP) is 1.34. The molecule has 1 amide bonds. The fraction of sp³-hybridized carbons (Fsp3) is 0.579. The number of carbonyl (C=O) groups is 2. The van der Waals surface area contributed by atoms with Gasteiger partial charge in [0.2, 0.25) is 5.91 Å². The summed E-state index contributed by atoms with van der Waals surface area (Å²) in [6, 6.07) is 5.41. The maximum absolute atomic E-state index is 13.8. The molecule has 6 atom stereocenters. The van der Waals surface area contributed by atoms with Crippen molar-refractivity contribution in [2.45, 2.75) is 50.4 Å². The van der Waals surface area contributed by atoms with Gasteiger partial charge >= 0.3 is 5.97 Å². The van der Waals surface area contributed by atoms with E-state index in [-0.39, 0.29) is 24.1 Å². The molecule has 2 fully saturated rings. The lowest BCUT2D eigenvalue weighted by molar-refractivity contribution is -0.143. The number of benzene rings is 1. The Morgan fingerprint density at radius 2 is 2.12 bits per heavy atom. The monoisotopic (exact) mass is 364 g/mol. The number of piperidine rings is 1. The second-order valence-electron chi connectivity index (χ2n) is 7.30. The van der Waals surface area contributed by atoms with Crippen LogP contribution < -0.4 is 10.6 Å². The summed E-state index contributed by atoms with van der Waals surface area (Å²) in [5, 5.41) is 15.4. The minimum atomic E-state index is -1.19. The molecule has 0 bridgehead atoms. The standard InChI is InChI=1S/C19H25FN2O4/c1-10(17(26-2)15-9-12-8-14(12)21-15)18(23)22-16(19(24)25)7-11-5-3-4-6-13(11)20/h3-6,10,12,14-17,21H,7-9H2,1-2H3,(H,22,23)(H,24,25)/t10-,12+,14+,15+,16?,17-/m1/s1. The zero-order valence-corrected chi connectivity index (χ0v) is 14.9. The summed E-state index contributed by atoms with van der Waals surface area (Å²) in [4.78, 5) is 24.1. The second kappa shape index (κ2) is 7.72. The van der Waals surface area contributed by atoms with Gasteiger partial charge in [-0.05, 0) is 30.4 Å². The number of hydrogen-bond donors (Lipinski definition) is 3. The van der Waals surface area contributed by atoms with Crippen molar-refractivity contribution in [2.24, 2.45) is 11.8 Å². The Labute approximate surface area is 152 Å². The van der Waals surface area contributed by atoms with Crippen molar-refractivity contribution in [3.05, 3.63) is 35.6 Å². The molecule has 1 saturated heterocycles. The smallest absolute Gasteiger partial charge is 0.326 e. The molecule has 1 saturated carbocycles. The number of carboxylic acid groups (broad SMARTS) is 1. The zero-order chi connectivity index (χ0) is 18.8. The number of hydrogen-bond acceptors (Lipinski definition) is 4. The van der Waals surface area contributed by atoms with Crippen LogP contribution in [-0.2, 0) is 20.7 Å². The molecule has 3 N–H and O–H groups in total. The maximum atomic E-state index is 13.8. The van der Waals surface area contributed by atoms with Crippen molar-refractivity contribution in [3.8, 4) is 0 Å². The molecule has 0 aromatic heterocycles. The van der Waals surface area contributed by atoms with Gasteiger partial charge in [0.25, 0.3) is 0 Å². The van der Waals surface area contributed by atoms with Crippen LogP contribution in [0.4, 0.5) is 4.39 Å². The number of carbonyl (C=O) groups excluding carboxylic acids is 1. The Balaban J connectivity index is 1.63. The number of rotatable bonds is 8. The van der Waals surface area contributed by atoms with Gasteiger partial charge in [0, 0.05) is 25.6 Å². The highest BCUT2D eigenvalue weighted by molar-refractivity contribution is 5.85. The molecule has 1 unspecified atom stereocenters. The third kappa shape index (κ3) is 4.04. The molecule has 0 radical (unpaired) electrons. The van der Waals surface area contributed by atoms with Crippen molar-refractivity contribution in [3.63, 3.8) is 0 Å². The van der Waals surface area contributed by atoms with Gasteiger partial charge in [-0.1, -0.05) is 25.1 Å². The van der Waals surface area contributed by atoms with Crippen LogP contribution in [0.3, 0.4) is 0 Å². The molecule has 1 aromatic carbocycles. The quantitative estimate of drug-likeness (QED) is 0.648. The number of fused-ring (bicyclic) bond motifs is 1. The first-order valence-electron chi connectivity index (χ1n) is 8.96. The van der Waals surface area contributed by atoms with Crippen LogP contribution in [0, 0.1) is 17.7 Å². The molecule has 2 aliphatic rings. The van der Waals surface area contributed by atoms with Crippen molar-refractivity contribution in [1.29, 1.82) is 0 Å². The fourth-order valence-corrected chi connectivity index (χ4v) is 3.86. The van der Waals surface area contributed by atoms with Gasteiger partial charge in [0.05, 0.1) is 12.0 Å². The molecule has 6 nitrogen and oxygen atoms in total. The first-order chi connectivity index (χ1) is 12.4. The Bertz CT molecular complexity index is 673. The Hall–Kier alpha value is -1.99. The number of methoxy groups -OCH3 is 1. The molecule has 1 aliphatic heterocycles. The highest BCUT2D eigenvalue weighted by Gasteiger charge is 2.49. The van der Waals surface area contributed by atoms with E-state index in [1.807, 2.05) is 0 Å². The van der Waals surface area contributed by atoms with Crippen LogP contribution in [0.2, 0.25) is 0 Å². The lowest BCUT2D eigenvalue weighted by atomic mass is 9.94. The Morgan fingerprint density at radius 3 is 2.69 bits per heavy atom. The van der Waals surface area contributed by atoms with Gasteiger partial charge in [-0.2, -0.15) is 0 Å². The number of ether oxygens (including phenoxy) is 1. The minimum Gasteiger partial charge on any atom is -0.480 e. The molecular formula is C19H25FN2O4. The van der Waals surface area contributed by atoms with Crippen LogP contribution in [0.1, 0.15) is 25.3 Å². The van der Waals surface area contributed by atoms with Crippen LogP contribution in [-0.4, -0.2) is 48.3 Å². The lowest BCUT2D eigenvalue weighted by Crippen LogP contribution is -2.51. The molecule has 7 heteroatoms. The molecule has 1 aliphatic carbocycles. The molecule has 1 heterocycles. The normalized spacial score (nSPS) is 27.3. The first-order valence-corrected chi connectivity index (χ1v) is 8.96. The lowest BCUT2D eigenvalue weighted by Gasteiger charge is -2.29. The summed E-state index contributed by atoms with van der Waals surface area (Å²) in [7, 11) is 1.56. The summed E-state index contributed by atoms with van der Waals surface area (Å²) < 4.78 is 19.3. The molecule has 142 valence electrons. The first kappa shape index (κ1) is 18.8. The Kier molecular flexibility index (Phi) is 5.58. The highest BCUT2D eigenvalue weighted by atomic mass is 19.1. The van der Waals surface area contributed by atoms with Gasteiger partial charge in [0.15, 0.2) is 0 Å². The molecule has 3 rings (SSSR count). The molecule has 1 aromatic rings. The number of carboxylic acids is 1. The summed E-state index contributed by atoms with van der Waals surface area (Å²) >= 11 is 0. The van der Waals surface area contributed by atoms with Crippen LogP contribution in [0.5, 0.6) is 0 Å². The average molecular weight is 364 g/mol. The average Bonchev–Trinajstić information content (AvgIpc) is 3.22. The van der Waals surface area contributed by atoms with Crippen molar-refractivity contribution in [1.82, 2.24) is 10.6 Å². The van der Waals surface area contributed by atoms with Crippen LogP contribution >= 0.6 is 0 Å². The highest BCUT2D eigenvalue weighted by Crippen LogP contribution is 2.42. The van der Waals surface area contributed by atoms with E-state index in [0.29, 0.717) is 12.0 Å². The third-order valence-corrected chi connectivity index (χ3v) is 5.48. The molecule has 0 spiro atoms.